The summed E-state index contributed by atoms with van der Waals surface area (Å²) in [6.45, 7) is 2.25. The average Bonchev–Trinajstić information content (AvgIpc) is 2.69. The molecule has 0 bridgehead atoms. The van der Waals surface area contributed by atoms with Gasteiger partial charge in [0, 0.05) is 11.6 Å². The molecule has 0 radical (unpaired) electrons. The van der Waals surface area contributed by atoms with Gasteiger partial charge < -0.3 is 10.1 Å². The molecule has 0 aliphatic heterocycles. The fourth-order valence-corrected chi connectivity index (χ4v) is 3.68. The molecule has 1 saturated carbocycles. The molecule has 1 aliphatic carbocycles. The van der Waals surface area contributed by atoms with Crippen LogP contribution in [0.2, 0.25) is 0 Å². The first-order valence-electron chi connectivity index (χ1n) is 9.88. The van der Waals surface area contributed by atoms with Crippen molar-refractivity contribution in [2.45, 2.75) is 51.9 Å². The largest absolute Gasteiger partial charge is 0.457 e. The van der Waals surface area contributed by atoms with E-state index in [0.717, 1.165) is 35.9 Å². The van der Waals surface area contributed by atoms with Gasteiger partial charge in [0.05, 0.1) is 0 Å². The number of carbonyl (C=O) groups excluding carboxylic acids is 1. The maximum Gasteiger partial charge on any atom is 0.227 e. The van der Waals surface area contributed by atoms with Crippen LogP contribution in [0.5, 0.6) is 11.5 Å². The number of nitrogens with one attached hydrogen (secondary N) is 1. The van der Waals surface area contributed by atoms with E-state index in [1.165, 1.54) is 32.1 Å². The third-order valence-corrected chi connectivity index (χ3v) is 5.28. The Bertz CT molecular complexity index is 673. The van der Waals surface area contributed by atoms with E-state index in [0.29, 0.717) is 0 Å². The standard InChI is InChI=1S/C23H29NO2/c1-2-3-7-18-10-12-19(13-11-18)23(25)24-20-14-16-22(17-15-20)26-21-8-5-4-6-9-21/h4-6,8-9,14-19H,2-3,7,10-13H2,1H3,(H,24,25). The van der Waals surface area contributed by atoms with Crippen LogP contribution < -0.4 is 10.1 Å². The van der Waals surface area contributed by atoms with Crippen molar-refractivity contribution in [3.63, 3.8) is 0 Å². The second kappa shape index (κ2) is 9.42. The van der Waals surface area contributed by atoms with Gasteiger partial charge in [-0.3, -0.25) is 4.79 Å². The minimum atomic E-state index is 0.160. The molecular formula is C23H29NO2. The predicted molar refractivity (Wildman–Crippen MR) is 107 cm³/mol. The van der Waals surface area contributed by atoms with Gasteiger partial charge in [-0.25, -0.2) is 0 Å². The van der Waals surface area contributed by atoms with Crippen molar-refractivity contribution in [3.8, 4) is 11.5 Å². The SMILES string of the molecule is CCCCC1CCC(C(=O)Nc2ccc(Oc3ccccc3)cc2)CC1. The average molecular weight is 351 g/mol. The quantitative estimate of drug-likeness (QED) is 0.625. The Balaban J connectivity index is 1.47. The van der Waals surface area contributed by atoms with Crippen LogP contribution in [0.1, 0.15) is 51.9 Å². The van der Waals surface area contributed by atoms with Gasteiger partial charge in [-0.05, 0) is 68.0 Å². The van der Waals surface area contributed by atoms with Crippen molar-refractivity contribution in [2.24, 2.45) is 11.8 Å². The van der Waals surface area contributed by atoms with Crippen molar-refractivity contribution in [1.82, 2.24) is 0 Å². The smallest absolute Gasteiger partial charge is 0.227 e. The van der Waals surface area contributed by atoms with Gasteiger partial charge in [-0.15, -0.1) is 0 Å². The lowest BCUT2D eigenvalue weighted by Crippen LogP contribution is -2.27. The number of hydrogen-bond donors (Lipinski definition) is 1. The highest BCUT2D eigenvalue weighted by Gasteiger charge is 2.25. The number of para-hydroxylation sites is 1. The molecule has 2 aromatic carbocycles. The van der Waals surface area contributed by atoms with Crippen LogP contribution in [0.25, 0.3) is 0 Å². The molecule has 1 N–H and O–H groups in total. The highest BCUT2D eigenvalue weighted by atomic mass is 16.5. The molecule has 1 aliphatic rings. The van der Waals surface area contributed by atoms with Gasteiger partial charge >= 0.3 is 0 Å². The van der Waals surface area contributed by atoms with E-state index in [2.05, 4.69) is 12.2 Å². The Morgan fingerprint density at radius 1 is 0.962 bits per heavy atom. The normalized spacial score (nSPS) is 19.7. The molecule has 0 heterocycles. The lowest BCUT2D eigenvalue weighted by atomic mass is 9.79. The first-order valence-corrected chi connectivity index (χ1v) is 9.88. The number of carbonyl (C=O) groups is 1. The minimum Gasteiger partial charge on any atom is -0.457 e. The van der Waals surface area contributed by atoms with Gasteiger partial charge in [-0.1, -0.05) is 44.4 Å². The van der Waals surface area contributed by atoms with Gasteiger partial charge in [0.25, 0.3) is 0 Å². The van der Waals surface area contributed by atoms with Crippen LogP contribution >= 0.6 is 0 Å². The van der Waals surface area contributed by atoms with Crippen LogP contribution in [0.15, 0.2) is 54.6 Å². The van der Waals surface area contributed by atoms with Crippen molar-refractivity contribution < 1.29 is 9.53 Å². The Kier molecular flexibility index (Phi) is 6.70. The van der Waals surface area contributed by atoms with Crippen LogP contribution in [-0.2, 0) is 4.79 Å². The number of anilines is 1. The fraction of sp³-hybridized carbons (Fsp3) is 0.435. The number of unbranched alkanes of at least 4 members (excludes halogenated alkanes) is 1. The Labute approximate surface area is 156 Å². The molecule has 26 heavy (non-hydrogen) atoms. The molecule has 1 amide bonds. The van der Waals surface area contributed by atoms with Crippen LogP contribution in [0.4, 0.5) is 5.69 Å². The third-order valence-electron chi connectivity index (χ3n) is 5.28. The second-order valence-corrected chi connectivity index (χ2v) is 7.29. The first kappa shape index (κ1) is 18.5. The van der Waals surface area contributed by atoms with Crippen molar-refractivity contribution in [1.29, 1.82) is 0 Å². The molecule has 3 nitrogen and oxygen atoms in total. The van der Waals surface area contributed by atoms with E-state index in [-0.39, 0.29) is 11.8 Å². The molecule has 0 aromatic heterocycles. The molecule has 0 saturated heterocycles. The summed E-state index contributed by atoms with van der Waals surface area (Å²) in [6, 6.07) is 17.3. The monoisotopic (exact) mass is 351 g/mol. The summed E-state index contributed by atoms with van der Waals surface area (Å²) < 4.78 is 5.79. The summed E-state index contributed by atoms with van der Waals surface area (Å²) in [5.41, 5.74) is 0.837. The van der Waals surface area contributed by atoms with Crippen LogP contribution in [0.3, 0.4) is 0 Å². The van der Waals surface area contributed by atoms with Gasteiger partial charge in [0.15, 0.2) is 0 Å². The lowest BCUT2D eigenvalue weighted by Gasteiger charge is -2.27. The molecule has 2 aromatic rings. The maximum absolute atomic E-state index is 12.5. The molecule has 0 unspecified atom stereocenters. The van der Waals surface area contributed by atoms with Crippen LogP contribution in [0, 0.1) is 11.8 Å². The zero-order valence-corrected chi connectivity index (χ0v) is 15.6. The van der Waals surface area contributed by atoms with Gasteiger partial charge in [-0.2, -0.15) is 0 Å². The summed E-state index contributed by atoms with van der Waals surface area (Å²) >= 11 is 0. The first-order chi connectivity index (χ1) is 12.7. The fourth-order valence-electron chi connectivity index (χ4n) is 3.68. The van der Waals surface area contributed by atoms with Crippen molar-refractivity contribution in [2.75, 3.05) is 5.32 Å². The topological polar surface area (TPSA) is 38.3 Å². The molecule has 3 heteroatoms. The minimum absolute atomic E-state index is 0.160. The summed E-state index contributed by atoms with van der Waals surface area (Å²) in [5, 5.41) is 3.07. The highest BCUT2D eigenvalue weighted by molar-refractivity contribution is 5.92. The molecule has 138 valence electrons. The third kappa shape index (κ3) is 5.35. The number of amides is 1. The van der Waals surface area contributed by atoms with Crippen molar-refractivity contribution in [3.05, 3.63) is 54.6 Å². The highest BCUT2D eigenvalue weighted by Crippen LogP contribution is 2.32. The molecule has 0 spiro atoms. The number of rotatable bonds is 7. The summed E-state index contributed by atoms with van der Waals surface area (Å²) in [4.78, 5) is 12.5. The molecule has 0 atom stereocenters. The van der Waals surface area contributed by atoms with E-state index in [1.54, 1.807) is 0 Å². The van der Waals surface area contributed by atoms with Crippen LogP contribution in [-0.4, -0.2) is 5.91 Å². The Morgan fingerprint density at radius 2 is 1.62 bits per heavy atom. The number of hydrogen-bond acceptors (Lipinski definition) is 2. The van der Waals surface area contributed by atoms with E-state index in [1.807, 2.05) is 54.6 Å². The van der Waals surface area contributed by atoms with Crippen molar-refractivity contribution >= 4 is 11.6 Å². The Morgan fingerprint density at radius 3 is 2.27 bits per heavy atom. The molecular weight excluding hydrogens is 322 g/mol. The molecule has 3 rings (SSSR count). The number of ether oxygens (including phenoxy) is 1. The summed E-state index contributed by atoms with van der Waals surface area (Å²) in [5.74, 6) is 2.73. The summed E-state index contributed by atoms with van der Waals surface area (Å²) in [7, 11) is 0. The van der Waals surface area contributed by atoms with E-state index in [4.69, 9.17) is 4.74 Å². The van der Waals surface area contributed by atoms with E-state index >= 15 is 0 Å². The van der Waals surface area contributed by atoms with E-state index in [9.17, 15) is 4.79 Å². The molecule has 1 fully saturated rings. The maximum atomic E-state index is 12.5. The Hall–Kier alpha value is -2.29. The zero-order chi connectivity index (χ0) is 18.2. The zero-order valence-electron chi connectivity index (χ0n) is 15.6. The summed E-state index contributed by atoms with van der Waals surface area (Å²) in [6.07, 6.45) is 8.35. The van der Waals surface area contributed by atoms with E-state index < -0.39 is 0 Å². The second-order valence-electron chi connectivity index (χ2n) is 7.29. The lowest BCUT2D eigenvalue weighted by molar-refractivity contribution is -0.121. The van der Waals surface area contributed by atoms with Gasteiger partial charge in [0.2, 0.25) is 5.91 Å². The number of benzene rings is 2. The predicted octanol–water partition coefficient (Wildman–Crippen LogP) is 6.41. The van der Waals surface area contributed by atoms with Gasteiger partial charge in [0.1, 0.15) is 11.5 Å².